The molecule has 7 nitrogen and oxygen atoms in total. The molecule has 90 valence electrons. The summed E-state index contributed by atoms with van der Waals surface area (Å²) in [5.74, 6) is 0.175. The van der Waals surface area contributed by atoms with Crippen LogP contribution < -0.4 is 4.74 Å². The standard InChI is InChI=1S/C10H13N5O2/c1-6(2)15-9(8(17-3)5-12-15)10(16)7-4-11-14-13-7/h4-6H,1-3H3,(H,11,13,14). The lowest BCUT2D eigenvalue weighted by atomic mass is 10.2. The molecule has 0 fully saturated rings. The van der Waals surface area contributed by atoms with E-state index < -0.39 is 0 Å². The summed E-state index contributed by atoms with van der Waals surface area (Å²) in [5, 5.41) is 13.9. The number of carbonyl (C=O) groups excluding carboxylic acids is 1. The van der Waals surface area contributed by atoms with Crippen LogP contribution in [0.4, 0.5) is 0 Å². The number of nitrogens with one attached hydrogen (secondary N) is 1. The second kappa shape index (κ2) is 4.36. The average molecular weight is 235 g/mol. The van der Waals surface area contributed by atoms with Gasteiger partial charge < -0.3 is 4.74 Å². The summed E-state index contributed by atoms with van der Waals surface area (Å²) in [7, 11) is 1.50. The van der Waals surface area contributed by atoms with Gasteiger partial charge in [0.2, 0.25) is 5.78 Å². The van der Waals surface area contributed by atoms with Crippen LogP contribution in [-0.2, 0) is 0 Å². The Bertz CT molecular complexity index is 515. The topological polar surface area (TPSA) is 85.7 Å². The van der Waals surface area contributed by atoms with Crippen LogP contribution in [0.2, 0.25) is 0 Å². The zero-order valence-corrected chi connectivity index (χ0v) is 9.84. The number of ketones is 1. The van der Waals surface area contributed by atoms with Crippen molar-refractivity contribution in [1.82, 2.24) is 25.2 Å². The molecular weight excluding hydrogens is 222 g/mol. The maximum atomic E-state index is 12.2. The minimum atomic E-state index is -0.262. The minimum Gasteiger partial charge on any atom is -0.493 e. The van der Waals surface area contributed by atoms with Crippen LogP contribution in [0, 0.1) is 0 Å². The van der Waals surface area contributed by atoms with E-state index in [1.165, 1.54) is 19.5 Å². The largest absolute Gasteiger partial charge is 0.493 e. The van der Waals surface area contributed by atoms with Crippen molar-refractivity contribution in [2.45, 2.75) is 19.9 Å². The maximum Gasteiger partial charge on any atom is 0.236 e. The number of hydrogen-bond donors (Lipinski definition) is 1. The normalized spacial score (nSPS) is 10.8. The molecular formula is C10H13N5O2. The van der Waals surface area contributed by atoms with Crippen molar-refractivity contribution in [3.63, 3.8) is 0 Å². The van der Waals surface area contributed by atoms with E-state index in [0.717, 1.165) is 0 Å². The lowest BCUT2D eigenvalue weighted by Gasteiger charge is -2.09. The van der Waals surface area contributed by atoms with Gasteiger partial charge in [-0.2, -0.15) is 20.5 Å². The van der Waals surface area contributed by atoms with Crippen molar-refractivity contribution in [2.24, 2.45) is 0 Å². The van der Waals surface area contributed by atoms with Gasteiger partial charge in [-0.15, -0.1) is 0 Å². The zero-order chi connectivity index (χ0) is 12.4. The summed E-state index contributed by atoms with van der Waals surface area (Å²) in [6.07, 6.45) is 2.90. The van der Waals surface area contributed by atoms with Crippen LogP contribution in [0.1, 0.15) is 36.1 Å². The van der Waals surface area contributed by atoms with Crippen LogP contribution in [0.5, 0.6) is 5.75 Å². The summed E-state index contributed by atoms with van der Waals surface area (Å²) < 4.78 is 6.74. The fourth-order valence-electron chi connectivity index (χ4n) is 1.54. The molecule has 0 aliphatic heterocycles. The van der Waals surface area contributed by atoms with Gasteiger partial charge in [0.25, 0.3) is 0 Å². The minimum absolute atomic E-state index is 0.0600. The number of aromatic nitrogens is 5. The predicted octanol–water partition coefficient (Wildman–Crippen LogP) is 0.822. The molecule has 0 saturated carbocycles. The first-order valence-electron chi connectivity index (χ1n) is 5.17. The van der Waals surface area contributed by atoms with E-state index >= 15 is 0 Å². The number of nitrogens with zero attached hydrogens (tertiary/aromatic N) is 4. The quantitative estimate of drug-likeness (QED) is 0.793. The van der Waals surface area contributed by atoms with E-state index in [1.54, 1.807) is 4.68 Å². The molecule has 0 saturated heterocycles. The third-order valence-corrected chi connectivity index (χ3v) is 2.33. The Kier molecular flexibility index (Phi) is 2.90. The molecule has 2 rings (SSSR count). The van der Waals surface area contributed by atoms with Crippen LogP contribution in [0.3, 0.4) is 0 Å². The Morgan fingerprint density at radius 1 is 1.47 bits per heavy atom. The maximum absolute atomic E-state index is 12.2. The lowest BCUT2D eigenvalue weighted by molar-refractivity contribution is 0.101. The smallest absolute Gasteiger partial charge is 0.236 e. The van der Waals surface area contributed by atoms with E-state index in [9.17, 15) is 4.79 Å². The average Bonchev–Trinajstić information content (AvgIpc) is 2.96. The molecule has 0 amide bonds. The van der Waals surface area contributed by atoms with Gasteiger partial charge >= 0.3 is 0 Å². The monoisotopic (exact) mass is 235 g/mol. The van der Waals surface area contributed by atoms with Gasteiger partial charge in [0.15, 0.2) is 17.1 Å². The first kappa shape index (κ1) is 11.3. The Labute approximate surface area is 97.8 Å². The molecule has 2 aromatic rings. The highest BCUT2D eigenvalue weighted by atomic mass is 16.5. The fourth-order valence-corrected chi connectivity index (χ4v) is 1.54. The molecule has 0 aromatic carbocycles. The zero-order valence-electron chi connectivity index (χ0n) is 9.84. The molecule has 0 bridgehead atoms. The molecule has 17 heavy (non-hydrogen) atoms. The second-order valence-electron chi connectivity index (χ2n) is 3.78. The molecule has 0 spiro atoms. The summed E-state index contributed by atoms with van der Waals surface area (Å²) in [6, 6.07) is 0.0600. The van der Waals surface area contributed by atoms with Gasteiger partial charge in [0.1, 0.15) is 0 Å². The van der Waals surface area contributed by atoms with Crippen molar-refractivity contribution < 1.29 is 9.53 Å². The van der Waals surface area contributed by atoms with Crippen molar-refractivity contribution >= 4 is 5.78 Å². The Morgan fingerprint density at radius 2 is 2.24 bits per heavy atom. The number of aromatic amines is 1. The van der Waals surface area contributed by atoms with Gasteiger partial charge in [0, 0.05) is 6.04 Å². The number of H-pyrrole nitrogens is 1. The van der Waals surface area contributed by atoms with Crippen molar-refractivity contribution in [3.8, 4) is 5.75 Å². The number of rotatable bonds is 4. The van der Waals surface area contributed by atoms with Crippen LogP contribution >= 0.6 is 0 Å². The summed E-state index contributed by atoms with van der Waals surface area (Å²) in [5.41, 5.74) is 0.627. The Morgan fingerprint density at radius 3 is 2.76 bits per heavy atom. The highest BCUT2D eigenvalue weighted by molar-refractivity contribution is 6.08. The van der Waals surface area contributed by atoms with Gasteiger partial charge in [-0.25, -0.2) is 0 Å². The Balaban J connectivity index is 2.49. The SMILES string of the molecule is COc1cnn(C(C)C)c1C(=O)c1cn[nH]n1. The van der Waals surface area contributed by atoms with Crippen molar-refractivity contribution in [3.05, 3.63) is 23.8 Å². The third kappa shape index (κ3) is 1.91. The second-order valence-corrected chi connectivity index (χ2v) is 3.78. The molecule has 1 N–H and O–H groups in total. The van der Waals surface area contributed by atoms with Crippen molar-refractivity contribution in [2.75, 3.05) is 7.11 Å². The molecule has 7 heteroatoms. The first-order valence-corrected chi connectivity index (χ1v) is 5.17. The number of ether oxygens (including phenoxy) is 1. The first-order chi connectivity index (χ1) is 8.15. The molecule has 2 aromatic heterocycles. The number of methoxy groups -OCH3 is 1. The van der Waals surface area contributed by atoms with E-state index in [1.807, 2.05) is 13.8 Å². The molecule has 0 atom stereocenters. The molecule has 2 heterocycles. The van der Waals surface area contributed by atoms with E-state index in [0.29, 0.717) is 11.4 Å². The predicted molar refractivity (Wildman–Crippen MR) is 59.0 cm³/mol. The third-order valence-electron chi connectivity index (χ3n) is 2.33. The Hall–Kier alpha value is -2.18. The van der Waals surface area contributed by atoms with Gasteiger partial charge in [-0.3, -0.25) is 9.48 Å². The van der Waals surface area contributed by atoms with E-state index in [2.05, 4.69) is 20.5 Å². The van der Waals surface area contributed by atoms with Gasteiger partial charge in [-0.1, -0.05) is 0 Å². The highest BCUT2D eigenvalue weighted by Crippen LogP contribution is 2.23. The van der Waals surface area contributed by atoms with Gasteiger partial charge in [0.05, 0.1) is 19.5 Å². The lowest BCUT2D eigenvalue weighted by Crippen LogP contribution is -2.14. The van der Waals surface area contributed by atoms with Crippen molar-refractivity contribution in [1.29, 1.82) is 0 Å². The molecule has 0 aliphatic rings. The number of hydrogen-bond acceptors (Lipinski definition) is 5. The summed E-state index contributed by atoms with van der Waals surface area (Å²) in [4.78, 5) is 12.2. The molecule has 0 unspecified atom stereocenters. The number of carbonyl (C=O) groups is 1. The highest BCUT2D eigenvalue weighted by Gasteiger charge is 2.23. The fraction of sp³-hybridized carbons (Fsp3) is 0.400. The van der Waals surface area contributed by atoms with Crippen LogP contribution in [-0.4, -0.2) is 38.1 Å². The van der Waals surface area contributed by atoms with Crippen LogP contribution in [0.25, 0.3) is 0 Å². The van der Waals surface area contributed by atoms with E-state index in [-0.39, 0.29) is 17.5 Å². The molecule has 0 aliphatic carbocycles. The summed E-state index contributed by atoms with van der Waals surface area (Å²) >= 11 is 0. The summed E-state index contributed by atoms with van der Waals surface area (Å²) in [6.45, 7) is 3.87. The van der Waals surface area contributed by atoms with Gasteiger partial charge in [-0.05, 0) is 13.8 Å². The van der Waals surface area contributed by atoms with E-state index in [4.69, 9.17) is 4.74 Å². The van der Waals surface area contributed by atoms with Crippen LogP contribution in [0.15, 0.2) is 12.4 Å². The molecule has 0 radical (unpaired) electrons.